The molecule has 25 heavy (non-hydrogen) atoms. The van der Waals surface area contributed by atoms with Crippen LogP contribution >= 0.6 is 11.6 Å². The molecule has 0 spiro atoms. The summed E-state index contributed by atoms with van der Waals surface area (Å²) in [4.78, 5) is 0. The highest BCUT2D eigenvalue weighted by molar-refractivity contribution is 6.17. The molecule has 0 saturated carbocycles. The van der Waals surface area contributed by atoms with Crippen LogP contribution in [-0.2, 0) is 13.5 Å². The Morgan fingerprint density at radius 1 is 1.36 bits per heavy atom. The van der Waals surface area contributed by atoms with Crippen molar-refractivity contribution in [3.05, 3.63) is 47.2 Å². The Morgan fingerprint density at radius 2 is 2.16 bits per heavy atom. The number of quaternary nitrogens is 1. The molecule has 5 heterocycles. The maximum absolute atomic E-state index is 10.2. The van der Waals surface area contributed by atoms with Gasteiger partial charge in [-0.1, -0.05) is 35.9 Å². The monoisotopic (exact) mass is 357 g/mol. The molecular weight excluding hydrogens is 332 g/mol. The van der Waals surface area contributed by atoms with Gasteiger partial charge in [-0.05, 0) is 24.1 Å². The zero-order valence-electron chi connectivity index (χ0n) is 15.0. The minimum atomic E-state index is 0.274. The van der Waals surface area contributed by atoms with Crippen molar-refractivity contribution in [1.82, 2.24) is 4.57 Å². The van der Waals surface area contributed by atoms with Gasteiger partial charge >= 0.3 is 0 Å². The lowest BCUT2D eigenvalue weighted by molar-refractivity contribution is -0.986. The van der Waals surface area contributed by atoms with Gasteiger partial charge < -0.3 is 9.67 Å². The molecule has 4 aliphatic rings. The summed E-state index contributed by atoms with van der Waals surface area (Å²) in [6.07, 6.45) is 4.44. The summed E-state index contributed by atoms with van der Waals surface area (Å²) in [7, 11) is 2.22. The third kappa shape index (κ3) is 1.79. The minimum absolute atomic E-state index is 0.274. The highest BCUT2D eigenvalue weighted by atomic mass is 35.5. The van der Waals surface area contributed by atoms with Gasteiger partial charge in [-0.15, -0.1) is 0 Å². The zero-order valence-corrected chi connectivity index (χ0v) is 15.7. The largest absolute Gasteiger partial charge is 0.396 e. The van der Waals surface area contributed by atoms with Gasteiger partial charge in [0.05, 0.1) is 12.3 Å². The number of aliphatic hydroxyl groups excluding tert-OH is 1. The Labute approximate surface area is 154 Å². The average Bonchev–Trinajstić information content (AvgIpc) is 2.94. The fourth-order valence-corrected chi connectivity index (χ4v) is 6.84. The first kappa shape index (κ1) is 15.9. The molecule has 5 atom stereocenters. The first-order valence-corrected chi connectivity index (χ1v) is 9.94. The number of aliphatic hydroxyl groups is 1. The smallest absolute Gasteiger partial charge is 0.155 e. The number of allylic oxidation sites excluding steroid dienone is 1. The van der Waals surface area contributed by atoms with Crippen LogP contribution in [0.2, 0.25) is 0 Å². The van der Waals surface area contributed by atoms with E-state index in [9.17, 15) is 5.11 Å². The van der Waals surface area contributed by atoms with E-state index in [1.165, 1.54) is 27.7 Å². The van der Waals surface area contributed by atoms with Crippen LogP contribution in [0, 0.1) is 11.8 Å². The Kier molecular flexibility index (Phi) is 3.41. The second kappa shape index (κ2) is 5.35. The summed E-state index contributed by atoms with van der Waals surface area (Å²) in [5.74, 6) is 0.849. The van der Waals surface area contributed by atoms with Crippen molar-refractivity contribution in [2.24, 2.45) is 18.9 Å². The van der Waals surface area contributed by atoms with E-state index < -0.39 is 0 Å². The van der Waals surface area contributed by atoms with Gasteiger partial charge in [0.2, 0.25) is 0 Å². The van der Waals surface area contributed by atoms with E-state index in [2.05, 4.69) is 48.9 Å². The van der Waals surface area contributed by atoms with Crippen molar-refractivity contribution in [2.45, 2.75) is 31.8 Å². The molecule has 1 aromatic carbocycles. The number of rotatable bonds is 2. The molecule has 3 nitrogen and oxygen atoms in total. The average molecular weight is 358 g/mol. The predicted molar refractivity (Wildman–Crippen MR) is 101 cm³/mol. The molecule has 0 amide bonds. The molecule has 4 heteroatoms. The van der Waals surface area contributed by atoms with Crippen molar-refractivity contribution in [3.8, 4) is 0 Å². The van der Waals surface area contributed by atoms with E-state index in [0.717, 1.165) is 23.9 Å². The van der Waals surface area contributed by atoms with Crippen LogP contribution in [0.1, 0.15) is 30.6 Å². The van der Waals surface area contributed by atoms with Gasteiger partial charge in [-0.3, -0.25) is 4.48 Å². The Balaban J connectivity index is 1.78. The molecule has 4 bridgehead atoms. The molecular formula is C21H26ClN2O+. The number of benzene rings is 1. The standard InChI is InChI=1S/C21H26ClN2O/c1-3-13-10-24(12-22)19-9-16-14-6-4-5-7-18(14)23(2)21(16)20(24)8-15(13)17(19)11-25/h3-7,15,17,19-20,25H,8-12H2,1-2H3/q+1/t15-,17+,19-,20-,24-/m0/s1. The lowest BCUT2D eigenvalue weighted by Crippen LogP contribution is -2.72. The van der Waals surface area contributed by atoms with Gasteiger partial charge in [0.15, 0.2) is 6.00 Å². The van der Waals surface area contributed by atoms with Crippen molar-refractivity contribution in [1.29, 1.82) is 0 Å². The fourth-order valence-electron chi connectivity index (χ4n) is 6.41. The van der Waals surface area contributed by atoms with E-state index in [-0.39, 0.29) is 6.61 Å². The topological polar surface area (TPSA) is 25.2 Å². The Hall–Kier alpha value is -1.29. The normalized spacial score (nSPS) is 37.7. The van der Waals surface area contributed by atoms with Crippen LogP contribution in [0.4, 0.5) is 0 Å². The van der Waals surface area contributed by atoms with E-state index in [1.807, 2.05) is 0 Å². The van der Waals surface area contributed by atoms with Gasteiger partial charge in [0.25, 0.3) is 0 Å². The summed E-state index contributed by atoms with van der Waals surface area (Å²) >= 11 is 6.68. The summed E-state index contributed by atoms with van der Waals surface area (Å²) in [5, 5.41) is 11.6. The quantitative estimate of drug-likeness (QED) is 0.376. The lowest BCUT2D eigenvalue weighted by Gasteiger charge is -2.63. The first-order chi connectivity index (χ1) is 12.2. The summed E-state index contributed by atoms with van der Waals surface area (Å²) in [6.45, 7) is 3.47. The zero-order chi connectivity index (χ0) is 17.3. The summed E-state index contributed by atoms with van der Waals surface area (Å²) in [6, 6.07) is 10.3. The Morgan fingerprint density at radius 3 is 2.88 bits per heavy atom. The number of piperidine rings is 3. The number of hydrogen-bond acceptors (Lipinski definition) is 1. The third-order valence-electron chi connectivity index (χ3n) is 7.52. The van der Waals surface area contributed by atoms with Crippen LogP contribution in [0.25, 0.3) is 10.9 Å². The summed E-state index contributed by atoms with van der Waals surface area (Å²) < 4.78 is 3.35. The molecule has 0 radical (unpaired) electrons. The van der Waals surface area contributed by atoms with Crippen LogP contribution in [0.5, 0.6) is 0 Å². The number of alkyl halides is 1. The van der Waals surface area contributed by atoms with Crippen molar-refractivity contribution in [3.63, 3.8) is 0 Å². The van der Waals surface area contributed by atoms with Crippen LogP contribution in [0.15, 0.2) is 35.9 Å². The van der Waals surface area contributed by atoms with E-state index in [0.29, 0.717) is 29.9 Å². The highest BCUT2D eigenvalue weighted by Gasteiger charge is 2.63. The van der Waals surface area contributed by atoms with Crippen LogP contribution in [-0.4, -0.2) is 39.4 Å². The first-order valence-electron chi connectivity index (χ1n) is 9.40. The second-order valence-electron chi connectivity index (χ2n) is 8.16. The van der Waals surface area contributed by atoms with Crippen molar-refractivity contribution < 1.29 is 9.59 Å². The van der Waals surface area contributed by atoms with Crippen molar-refractivity contribution >= 4 is 22.5 Å². The number of aryl methyl sites for hydroxylation is 1. The molecule has 2 aromatic rings. The minimum Gasteiger partial charge on any atom is -0.396 e. The highest BCUT2D eigenvalue weighted by Crippen LogP contribution is 2.59. The van der Waals surface area contributed by atoms with Crippen LogP contribution < -0.4 is 0 Å². The maximum Gasteiger partial charge on any atom is 0.155 e. The molecule has 3 fully saturated rings. The third-order valence-corrected chi connectivity index (χ3v) is 7.96. The van der Waals surface area contributed by atoms with Crippen molar-refractivity contribution in [2.75, 3.05) is 19.2 Å². The number of hydrogen-bond donors (Lipinski definition) is 1. The second-order valence-corrected chi connectivity index (χ2v) is 8.40. The molecule has 3 saturated heterocycles. The predicted octanol–water partition coefficient (Wildman–Crippen LogP) is 3.75. The number of halogens is 1. The number of para-hydroxylation sites is 1. The molecule has 4 aliphatic heterocycles. The fraction of sp³-hybridized carbons (Fsp3) is 0.524. The molecule has 6 rings (SSSR count). The molecule has 132 valence electrons. The lowest BCUT2D eigenvalue weighted by atomic mass is 9.62. The molecule has 0 unspecified atom stereocenters. The molecule has 0 aliphatic carbocycles. The van der Waals surface area contributed by atoms with Crippen LogP contribution in [0.3, 0.4) is 0 Å². The van der Waals surface area contributed by atoms with E-state index in [1.54, 1.807) is 0 Å². The van der Waals surface area contributed by atoms with E-state index in [4.69, 9.17) is 11.6 Å². The SMILES string of the molecule is CC=C1C[N@@+]2(CCl)[C@H]3C[C@@H]1[C@@H](CO)[C@@H]2Cc1c3n(C)c2ccccc12. The van der Waals surface area contributed by atoms with Gasteiger partial charge in [-0.2, -0.15) is 0 Å². The number of fused-ring (bicyclic) bond motifs is 4. The molecule has 1 aromatic heterocycles. The van der Waals surface area contributed by atoms with Gasteiger partial charge in [0.1, 0.15) is 18.6 Å². The summed E-state index contributed by atoms with van der Waals surface area (Å²) in [5.41, 5.74) is 5.84. The maximum atomic E-state index is 10.2. The Bertz CT molecular complexity index is 885. The number of aromatic nitrogens is 1. The van der Waals surface area contributed by atoms with Gasteiger partial charge in [-0.25, -0.2) is 0 Å². The molecule has 1 N–H and O–H groups in total. The van der Waals surface area contributed by atoms with E-state index >= 15 is 0 Å². The van der Waals surface area contributed by atoms with Gasteiger partial charge in [0, 0.05) is 42.6 Å². The number of nitrogens with zero attached hydrogens (tertiary/aromatic N) is 2.